The van der Waals surface area contributed by atoms with Crippen LogP contribution in [0.15, 0.2) is 30.3 Å². The van der Waals surface area contributed by atoms with Gasteiger partial charge in [0.2, 0.25) is 17.7 Å². The molecule has 0 saturated heterocycles. The molecule has 0 spiro atoms. The van der Waals surface area contributed by atoms with Crippen molar-refractivity contribution in [3.63, 3.8) is 0 Å². The number of aromatic nitrogens is 1. The Kier molecular flexibility index (Phi) is 12.7. The highest BCUT2D eigenvalue weighted by Crippen LogP contribution is 2.44. The van der Waals surface area contributed by atoms with Gasteiger partial charge >= 0.3 is 6.09 Å². The third kappa shape index (κ3) is 11.0. The number of rotatable bonds is 13. The van der Waals surface area contributed by atoms with Crippen molar-refractivity contribution < 1.29 is 27.9 Å². The number of amides is 3. The van der Waals surface area contributed by atoms with Gasteiger partial charge in [0.1, 0.15) is 17.5 Å². The van der Waals surface area contributed by atoms with Crippen LogP contribution in [-0.4, -0.2) is 55.9 Å². The smallest absolute Gasteiger partial charge is 0.408 e. The lowest BCUT2D eigenvalue weighted by Crippen LogP contribution is -2.50. The van der Waals surface area contributed by atoms with Crippen LogP contribution < -0.4 is 20.0 Å². The van der Waals surface area contributed by atoms with Gasteiger partial charge in [0.15, 0.2) is 0 Å². The molecule has 1 aromatic heterocycles. The van der Waals surface area contributed by atoms with Gasteiger partial charge in [-0.25, -0.2) is 14.2 Å². The number of fused-ring (bicyclic) bond motifs is 1. The normalized spacial score (nSPS) is 14.8. The number of halogens is 1. The Morgan fingerprint density at radius 2 is 1.76 bits per heavy atom. The van der Waals surface area contributed by atoms with E-state index >= 15 is 0 Å². The zero-order chi connectivity index (χ0) is 36.8. The fourth-order valence-electron chi connectivity index (χ4n) is 5.28. The van der Waals surface area contributed by atoms with Gasteiger partial charge in [-0.15, -0.1) is 12.3 Å². The molecule has 1 atom stereocenters. The van der Waals surface area contributed by atoms with Crippen molar-refractivity contribution in [1.82, 2.24) is 15.6 Å². The first-order valence-electron chi connectivity index (χ1n) is 17.1. The van der Waals surface area contributed by atoms with E-state index in [9.17, 15) is 18.8 Å². The molecule has 0 fully saturated rings. The standard InChI is InChI=1S/C38H55FN4O5Si/c1-12-13-17-31(44)40-22-15-14-16-29(41-35(46)47-36(2,3)4)34(45)43-25-38(8,9)32-30(43)24-27(23-26-18-20-28(39)21-19-26)33(42-32)48-49(10,11)37(5,6)7/h1,18-21,24,29H,13-17,22-23,25H2,2-11H3,(H,40,44)(H,41,46)/t29-/m0/s1. The summed E-state index contributed by atoms with van der Waals surface area (Å²) in [4.78, 5) is 46.2. The summed E-state index contributed by atoms with van der Waals surface area (Å²) < 4.78 is 26.1. The highest BCUT2D eigenvalue weighted by molar-refractivity contribution is 6.74. The Bertz CT molecular complexity index is 1540. The Labute approximate surface area is 293 Å². The van der Waals surface area contributed by atoms with Gasteiger partial charge in [0, 0.05) is 43.3 Å². The van der Waals surface area contributed by atoms with E-state index in [0.717, 1.165) is 16.8 Å². The van der Waals surface area contributed by atoms with E-state index in [-0.39, 0.29) is 29.1 Å². The maximum atomic E-state index is 14.4. The number of nitrogens with zero attached hydrogens (tertiary/aromatic N) is 2. The molecule has 2 aromatic rings. The highest BCUT2D eigenvalue weighted by atomic mass is 28.4. The number of terminal acetylenes is 1. The zero-order valence-electron chi connectivity index (χ0n) is 31.0. The Balaban J connectivity index is 1.98. The van der Waals surface area contributed by atoms with Crippen LogP contribution in [0.1, 0.15) is 104 Å². The summed E-state index contributed by atoms with van der Waals surface area (Å²) in [6, 6.07) is 7.43. The third-order valence-corrected chi connectivity index (χ3v) is 13.3. The first-order chi connectivity index (χ1) is 22.6. The Morgan fingerprint density at radius 1 is 1.10 bits per heavy atom. The molecule has 9 nitrogen and oxygen atoms in total. The van der Waals surface area contributed by atoms with Crippen LogP contribution in [0.3, 0.4) is 0 Å². The van der Waals surface area contributed by atoms with Gasteiger partial charge in [-0.3, -0.25) is 9.59 Å². The molecular weight excluding hydrogens is 640 g/mol. The summed E-state index contributed by atoms with van der Waals surface area (Å²) >= 11 is 0. The van der Waals surface area contributed by atoms with E-state index in [4.69, 9.17) is 20.6 Å². The van der Waals surface area contributed by atoms with E-state index in [1.54, 1.807) is 37.8 Å². The number of anilines is 1. The maximum absolute atomic E-state index is 14.4. The number of alkyl carbamates (subject to hydrolysis) is 1. The van der Waals surface area contributed by atoms with Crippen molar-refractivity contribution in [1.29, 1.82) is 0 Å². The maximum Gasteiger partial charge on any atom is 0.408 e. The number of hydrogen-bond donors (Lipinski definition) is 2. The molecule has 0 saturated carbocycles. The molecule has 2 heterocycles. The molecule has 49 heavy (non-hydrogen) atoms. The topological polar surface area (TPSA) is 110 Å². The van der Waals surface area contributed by atoms with Crippen LogP contribution in [0, 0.1) is 18.2 Å². The lowest BCUT2D eigenvalue weighted by atomic mass is 9.91. The fourth-order valence-corrected chi connectivity index (χ4v) is 6.25. The van der Waals surface area contributed by atoms with Crippen molar-refractivity contribution in [3.8, 4) is 18.2 Å². The van der Waals surface area contributed by atoms with Gasteiger partial charge in [0.05, 0.1) is 11.4 Å². The molecule has 3 rings (SSSR count). The minimum absolute atomic E-state index is 0.0800. The molecular formula is C38H55FN4O5Si. The largest absolute Gasteiger partial charge is 0.530 e. The molecule has 0 bridgehead atoms. The van der Waals surface area contributed by atoms with Gasteiger partial charge < -0.3 is 24.7 Å². The van der Waals surface area contributed by atoms with Crippen molar-refractivity contribution in [3.05, 3.63) is 53.0 Å². The monoisotopic (exact) mass is 694 g/mol. The summed E-state index contributed by atoms with van der Waals surface area (Å²) in [5.74, 6) is 2.28. The molecule has 0 aliphatic carbocycles. The molecule has 3 amide bonds. The van der Waals surface area contributed by atoms with Gasteiger partial charge in [-0.1, -0.05) is 46.8 Å². The second kappa shape index (κ2) is 15.8. The van der Waals surface area contributed by atoms with Crippen LogP contribution in [0.25, 0.3) is 0 Å². The Hall–Kier alpha value is -3.91. The van der Waals surface area contributed by atoms with Crippen LogP contribution in [-0.2, 0) is 26.2 Å². The predicted molar refractivity (Wildman–Crippen MR) is 195 cm³/mol. The van der Waals surface area contributed by atoms with Crippen LogP contribution in [0.5, 0.6) is 5.88 Å². The molecule has 2 N–H and O–H groups in total. The van der Waals surface area contributed by atoms with Crippen molar-refractivity contribution in [2.24, 2.45) is 0 Å². The lowest BCUT2D eigenvalue weighted by molar-refractivity contribution is -0.121. The first-order valence-corrected chi connectivity index (χ1v) is 20.0. The van der Waals surface area contributed by atoms with Crippen molar-refractivity contribution in [2.45, 2.75) is 129 Å². The number of carbonyl (C=O) groups excluding carboxylic acids is 3. The summed E-state index contributed by atoms with van der Waals surface area (Å²) in [5.41, 5.74) is 1.82. The summed E-state index contributed by atoms with van der Waals surface area (Å²) in [5, 5.41) is 5.59. The van der Waals surface area contributed by atoms with E-state index in [1.165, 1.54) is 12.1 Å². The first kappa shape index (κ1) is 39.5. The molecule has 11 heteroatoms. The van der Waals surface area contributed by atoms with Gasteiger partial charge in [0.25, 0.3) is 8.32 Å². The predicted octanol–water partition coefficient (Wildman–Crippen LogP) is 7.41. The van der Waals surface area contributed by atoms with Crippen molar-refractivity contribution >= 4 is 31.9 Å². The van der Waals surface area contributed by atoms with Gasteiger partial charge in [-0.05, 0) is 81.9 Å². The highest BCUT2D eigenvalue weighted by Gasteiger charge is 2.44. The fraction of sp³-hybridized carbons (Fsp3) is 0.579. The van der Waals surface area contributed by atoms with Crippen LogP contribution in [0.4, 0.5) is 14.9 Å². The zero-order valence-corrected chi connectivity index (χ0v) is 32.0. The number of carbonyl (C=O) groups is 3. The van der Waals surface area contributed by atoms with E-state index in [1.807, 2.05) is 19.9 Å². The minimum atomic E-state index is -2.31. The number of unbranched alkanes of at least 4 members (excludes halogenated alkanes) is 1. The second-order valence-corrected chi connectivity index (χ2v) is 20.8. The summed E-state index contributed by atoms with van der Waals surface area (Å²) in [6.45, 7) is 21.0. The SMILES string of the molecule is C#CCCC(=O)NCCCC[C@H](NC(=O)OC(C)(C)C)C(=O)N1CC(C)(C)c2nc(O[Si](C)(C)C(C)(C)C)c(Cc3ccc(F)cc3)cc21. The number of pyridine rings is 1. The van der Waals surface area contributed by atoms with E-state index in [2.05, 4.69) is 50.4 Å². The number of hydrogen-bond acceptors (Lipinski definition) is 6. The quantitative estimate of drug-likeness (QED) is 0.128. The number of benzene rings is 1. The average Bonchev–Trinajstić information content (AvgIpc) is 3.23. The molecule has 1 aromatic carbocycles. The second-order valence-electron chi connectivity index (χ2n) is 16.0. The van der Waals surface area contributed by atoms with Crippen LogP contribution >= 0.6 is 0 Å². The molecule has 0 unspecified atom stereocenters. The third-order valence-electron chi connectivity index (χ3n) is 8.99. The van der Waals surface area contributed by atoms with Crippen molar-refractivity contribution in [2.75, 3.05) is 18.0 Å². The minimum Gasteiger partial charge on any atom is -0.530 e. The summed E-state index contributed by atoms with van der Waals surface area (Å²) in [6.07, 6.45) is 7.17. The van der Waals surface area contributed by atoms with E-state index in [0.29, 0.717) is 56.8 Å². The van der Waals surface area contributed by atoms with Gasteiger partial charge in [-0.2, -0.15) is 0 Å². The Morgan fingerprint density at radius 3 is 2.35 bits per heavy atom. The average molecular weight is 695 g/mol. The molecule has 268 valence electrons. The number of nitrogens with one attached hydrogen (secondary N) is 2. The molecule has 0 radical (unpaired) electrons. The molecule has 1 aliphatic heterocycles. The van der Waals surface area contributed by atoms with Crippen LogP contribution in [0.2, 0.25) is 18.1 Å². The van der Waals surface area contributed by atoms with E-state index < -0.39 is 31.5 Å². The molecule has 1 aliphatic rings. The summed E-state index contributed by atoms with van der Waals surface area (Å²) in [7, 11) is -2.31. The lowest BCUT2D eigenvalue weighted by Gasteiger charge is -2.36. The number of ether oxygens (including phenoxy) is 1.